The molecule has 0 aromatic heterocycles. The summed E-state index contributed by atoms with van der Waals surface area (Å²) in [5.41, 5.74) is 4.47. The molecule has 0 amide bonds. The number of thioether (sulfide) groups is 2. The molecule has 0 radical (unpaired) electrons. The fraction of sp³-hybridized carbons (Fsp3) is 0.500. The van der Waals surface area contributed by atoms with Gasteiger partial charge in [0.05, 0.1) is 4.58 Å². The van der Waals surface area contributed by atoms with Crippen LogP contribution in [0.4, 0.5) is 0 Å². The van der Waals surface area contributed by atoms with E-state index < -0.39 is 0 Å². The maximum atomic E-state index is 10.8. The largest absolute Gasteiger partial charge is 0.507 e. The van der Waals surface area contributed by atoms with Gasteiger partial charge >= 0.3 is 0 Å². The molecule has 0 saturated carbocycles. The van der Waals surface area contributed by atoms with Crippen molar-refractivity contribution in [3.8, 4) is 5.75 Å². The second kappa shape index (κ2) is 6.60. The van der Waals surface area contributed by atoms with Crippen molar-refractivity contribution in [3.05, 3.63) is 46.9 Å². The van der Waals surface area contributed by atoms with Gasteiger partial charge in [-0.2, -0.15) is 0 Å². The third-order valence-electron chi connectivity index (χ3n) is 4.04. The highest BCUT2D eigenvalue weighted by atomic mass is 32.2. The molecule has 0 spiro atoms. The Balaban J connectivity index is 2.57. The molecule has 1 aromatic rings. The summed E-state index contributed by atoms with van der Waals surface area (Å²) in [4.78, 5) is 0. The van der Waals surface area contributed by atoms with Crippen LogP contribution >= 0.6 is 23.5 Å². The van der Waals surface area contributed by atoms with E-state index in [-0.39, 0.29) is 10.8 Å². The molecule has 1 aliphatic heterocycles. The first-order valence-electron chi connectivity index (χ1n) is 8.01. The summed E-state index contributed by atoms with van der Waals surface area (Å²) >= 11 is 3.73. The second-order valence-electron chi connectivity index (χ2n) is 8.11. The van der Waals surface area contributed by atoms with Gasteiger partial charge in [0.1, 0.15) is 5.75 Å². The second-order valence-corrected chi connectivity index (χ2v) is 10.6. The molecule has 0 aliphatic carbocycles. The van der Waals surface area contributed by atoms with Gasteiger partial charge in [-0.1, -0.05) is 47.6 Å². The normalized spacial score (nSPS) is 19.4. The Kier molecular flexibility index (Phi) is 5.32. The molecule has 2 rings (SSSR count). The van der Waals surface area contributed by atoms with Crippen LogP contribution in [-0.2, 0) is 10.8 Å². The molecule has 1 atom stereocenters. The van der Waals surface area contributed by atoms with E-state index in [2.05, 4.69) is 65.7 Å². The minimum Gasteiger partial charge on any atom is -0.507 e. The molecule has 23 heavy (non-hydrogen) atoms. The van der Waals surface area contributed by atoms with Crippen molar-refractivity contribution in [2.75, 3.05) is 5.75 Å². The Bertz CT molecular complexity index is 595. The first-order chi connectivity index (χ1) is 10.5. The van der Waals surface area contributed by atoms with Crippen molar-refractivity contribution in [2.45, 2.75) is 57.0 Å². The van der Waals surface area contributed by atoms with E-state index in [0.717, 1.165) is 16.9 Å². The molecule has 3 heteroatoms. The van der Waals surface area contributed by atoms with Crippen LogP contribution < -0.4 is 0 Å². The monoisotopic (exact) mass is 348 g/mol. The lowest BCUT2D eigenvalue weighted by Crippen LogP contribution is -2.18. The molecule has 0 fully saturated rings. The fourth-order valence-electron chi connectivity index (χ4n) is 2.63. The fourth-order valence-corrected chi connectivity index (χ4v) is 4.78. The molecule has 1 aromatic carbocycles. The lowest BCUT2D eigenvalue weighted by molar-refractivity contribution is 0.423. The third kappa shape index (κ3) is 4.19. The lowest BCUT2D eigenvalue weighted by atomic mass is 9.78. The zero-order chi connectivity index (χ0) is 17.4. The van der Waals surface area contributed by atoms with Crippen LogP contribution in [0.2, 0.25) is 0 Å². The number of benzene rings is 1. The van der Waals surface area contributed by atoms with Gasteiger partial charge in [0.2, 0.25) is 0 Å². The molecular formula is C20H28OS2. The summed E-state index contributed by atoms with van der Waals surface area (Å²) in [6.45, 7) is 16.8. The highest BCUT2D eigenvalue weighted by Crippen LogP contribution is 2.43. The van der Waals surface area contributed by atoms with E-state index in [1.165, 1.54) is 11.1 Å². The topological polar surface area (TPSA) is 20.2 Å². The van der Waals surface area contributed by atoms with Gasteiger partial charge in [-0.25, -0.2) is 0 Å². The third-order valence-corrected chi connectivity index (χ3v) is 6.66. The van der Waals surface area contributed by atoms with E-state index in [0.29, 0.717) is 10.3 Å². The zero-order valence-corrected chi connectivity index (χ0v) is 16.7. The zero-order valence-electron chi connectivity index (χ0n) is 15.1. The summed E-state index contributed by atoms with van der Waals surface area (Å²) in [6, 6.07) is 4.34. The molecule has 1 nitrogen and oxygen atoms in total. The first kappa shape index (κ1) is 18.5. The van der Waals surface area contributed by atoms with Crippen LogP contribution in [0.15, 0.2) is 30.2 Å². The van der Waals surface area contributed by atoms with Gasteiger partial charge in [-0.15, -0.1) is 30.1 Å². The van der Waals surface area contributed by atoms with E-state index in [9.17, 15) is 5.11 Å². The number of hydrogen-bond acceptors (Lipinski definition) is 3. The van der Waals surface area contributed by atoms with Crippen molar-refractivity contribution < 1.29 is 5.11 Å². The van der Waals surface area contributed by atoms with Crippen molar-refractivity contribution >= 4 is 29.1 Å². The maximum absolute atomic E-state index is 10.8. The van der Waals surface area contributed by atoms with Gasteiger partial charge in [-0.3, -0.25) is 0 Å². The van der Waals surface area contributed by atoms with Crippen LogP contribution in [0.25, 0.3) is 5.57 Å². The Morgan fingerprint density at radius 2 is 1.61 bits per heavy atom. The van der Waals surface area contributed by atoms with E-state index in [1.54, 1.807) is 0 Å². The Morgan fingerprint density at radius 3 is 1.96 bits per heavy atom. The van der Waals surface area contributed by atoms with Crippen LogP contribution in [0.1, 0.15) is 58.2 Å². The predicted octanol–water partition coefficient (Wildman–Crippen LogP) is 6.32. The highest BCUT2D eigenvalue weighted by Gasteiger charge is 2.27. The number of hydrogen-bond donors (Lipinski definition) is 1. The van der Waals surface area contributed by atoms with Gasteiger partial charge in [0.15, 0.2) is 0 Å². The first-order valence-corrected chi connectivity index (χ1v) is 10.00. The van der Waals surface area contributed by atoms with Crippen molar-refractivity contribution in [1.29, 1.82) is 0 Å². The van der Waals surface area contributed by atoms with Crippen molar-refractivity contribution in [2.24, 2.45) is 0 Å². The highest BCUT2D eigenvalue weighted by molar-refractivity contribution is 8.19. The summed E-state index contributed by atoms with van der Waals surface area (Å²) < 4.78 is 0.444. The van der Waals surface area contributed by atoms with Gasteiger partial charge < -0.3 is 5.11 Å². The van der Waals surface area contributed by atoms with Crippen LogP contribution in [0.3, 0.4) is 0 Å². The smallest absolute Gasteiger partial charge is 0.123 e. The number of phenolic OH excluding ortho intramolecular Hbond substituents is 1. The molecule has 1 aliphatic rings. The minimum atomic E-state index is -0.0841. The van der Waals surface area contributed by atoms with E-state index in [1.807, 2.05) is 29.6 Å². The molecule has 126 valence electrons. The molecular weight excluding hydrogens is 320 g/mol. The standard InChI is InChI=1S/C20H28OS2/c1-8-17-22-11-14(12-23-17)13-9-15(19(2,3)4)18(21)16(10-13)20(5,6)7/h8-11,17,21H,1,12H2,2-7H3. The summed E-state index contributed by atoms with van der Waals surface area (Å²) in [7, 11) is 0. The Hall–Kier alpha value is -0.800. The number of aromatic hydroxyl groups is 1. The SMILES string of the molecule is C=CC1SC=C(c2cc(C(C)(C)C)c(O)c(C(C)(C)C)c2)CS1. The van der Waals surface area contributed by atoms with Gasteiger partial charge in [0.25, 0.3) is 0 Å². The van der Waals surface area contributed by atoms with Gasteiger partial charge in [-0.05, 0) is 39.5 Å². The number of rotatable bonds is 2. The predicted molar refractivity (Wildman–Crippen MR) is 108 cm³/mol. The molecule has 0 saturated heterocycles. The Labute approximate surface area is 149 Å². The van der Waals surface area contributed by atoms with Crippen LogP contribution in [-0.4, -0.2) is 15.4 Å². The maximum Gasteiger partial charge on any atom is 0.123 e. The van der Waals surface area contributed by atoms with Crippen molar-refractivity contribution in [1.82, 2.24) is 0 Å². The minimum absolute atomic E-state index is 0.0841. The summed E-state index contributed by atoms with van der Waals surface area (Å²) in [6.07, 6.45) is 2.00. The summed E-state index contributed by atoms with van der Waals surface area (Å²) in [5, 5.41) is 13.1. The average Bonchev–Trinajstić information content (AvgIpc) is 2.45. The average molecular weight is 349 g/mol. The molecule has 1 N–H and O–H groups in total. The lowest BCUT2D eigenvalue weighted by Gasteiger charge is -2.29. The number of phenols is 1. The van der Waals surface area contributed by atoms with Crippen molar-refractivity contribution in [3.63, 3.8) is 0 Å². The van der Waals surface area contributed by atoms with E-state index in [4.69, 9.17) is 0 Å². The van der Waals surface area contributed by atoms with Gasteiger partial charge in [0, 0.05) is 16.9 Å². The Morgan fingerprint density at radius 1 is 1.09 bits per heavy atom. The molecule has 0 bridgehead atoms. The molecule has 1 heterocycles. The quantitative estimate of drug-likeness (QED) is 0.631. The van der Waals surface area contributed by atoms with E-state index >= 15 is 0 Å². The molecule has 1 unspecified atom stereocenters. The van der Waals surface area contributed by atoms with Crippen LogP contribution in [0, 0.1) is 0 Å². The summed E-state index contributed by atoms with van der Waals surface area (Å²) in [5.74, 6) is 1.44. The van der Waals surface area contributed by atoms with Crippen LogP contribution in [0.5, 0.6) is 5.75 Å².